The Labute approximate surface area is 177 Å². The highest BCUT2D eigenvalue weighted by Crippen LogP contribution is 2.30. The Morgan fingerprint density at radius 1 is 1.16 bits per heavy atom. The van der Waals surface area contributed by atoms with Gasteiger partial charge in [-0.15, -0.1) is 0 Å². The van der Waals surface area contributed by atoms with Crippen LogP contribution in [0.1, 0.15) is 32.4 Å². The molecule has 2 aromatic rings. The standard InChI is InChI=1S/C20H21F2N7O2/c1-10(18(21)22)28-19(30)11(2)27-14-5-13(7-24-15(14)6-23)16-8-26-17(9-25-16)29-20(31)12-3-4-12/h5,7-12,18,27H,3-4H2,1-2H3,(H,28,30)(H,26,29,31). The monoisotopic (exact) mass is 429 g/mol. The minimum absolute atomic E-state index is 0.0339. The van der Waals surface area contributed by atoms with Gasteiger partial charge >= 0.3 is 0 Å². The van der Waals surface area contributed by atoms with Gasteiger partial charge in [-0.05, 0) is 32.8 Å². The third-order valence-corrected chi connectivity index (χ3v) is 4.65. The Hall–Kier alpha value is -3.68. The van der Waals surface area contributed by atoms with E-state index in [-0.39, 0.29) is 23.2 Å². The van der Waals surface area contributed by atoms with E-state index in [9.17, 15) is 23.6 Å². The van der Waals surface area contributed by atoms with Gasteiger partial charge in [0.2, 0.25) is 11.8 Å². The lowest BCUT2D eigenvalue weighted by atomic mass is 10.1. The van der Waals surface area contributed by atoms with Crippen LogP contribution < -0.4 is 16.0 Å². The quantitative estimate of drug-likeness (QED) is 0.587. The largest absolute Gasteiger partial charge is 0.372 e. The van der Waals surface area contributed by atoms with Crippen molar-refractivity contribution < 1.29 is 18.4 Å². The summed E-state index contributed by atoms with van der Waals surface area (Å²) < 4.78 is 25.3. The molecule has 3 rings (SSSR count). The number of amides is 2. The number of anilines is 2. The molecule has 162 valence electrons. The number of nitrogens with zero attached hydrogens (tertiary/aromatic N) is 4. The molecule has 31 heavy (non-hydrogen) atoms. The number of nitrogens with one attached hydrogen (secondary N) is 3. The third kappa shape index (κ3) is 5.69. The summed E-state index contributed by atoms with van der Waals surface area (Å²) in [7, 11) is 0. The van der Waals surface area contributed by atoms with Crippen molar-refractivity contribution in [1.82, 2.24) is 20.3 Å². The first-order valence-corrected chi connectivity index (χ1v) is 9.67. The number of aromatic nitrogens is 3. The Morgan fingerprint density at radius 3 is 2.48 bits per heavy atom. The van der Waals surface area contributed by atoms with Crippen LogP contribution in [0.4, 0.5) is 20.3 Å². The van der Waals surface area contributed by atoms with Gasteiger partial charge in [0.1, 0.15) is 12.1 Å². The van der Waals surface area contributed by atoms with Crippen LogP contribution in [-0.2, 0) is 9.59 Å². The van der Waals surface area contributed by atoms with Gasteiger partial charge < -0.3 is 16.0 Å². The van der Waals surface area contributed by atoms with E-state index in [2.05, 4.69) is 30.9 Å². The van der Waals surface area contributed by atoms with E-state index < -0.39 is 24.4 Å². The molecule has 11 heteroatoms. The average Bonchev–Trinajstić information content (AvgIpc) is 3.59. The van der Waals surface area contributed by atoms with Crippen molar-refractivity contribution in [3.63, 3.8) is 0 Å². The molecule has 1 fully saturated rings. The van der Waals surface area contributed by atoms with E-state index in [4.69, 9.17) is 0 Å². The molecule has 3 N–H and O–H groups in total. The minimum atomic E-state index is -2.69. The topological polar surface area (TPSA) is 133 Å². The molecular weight excluding hydrogens is 408 g/mol. The van der Waals surface area contributed by atoms with Gasteiger partial charge in [0.25, 0.3) is 6.43 Å². The van der Waals surface area contributed by atoms with E-state index >= 15 is 0 Å². The molecule has 2 unspecified atom stereocenters. The minimum Gasteiger partial charge on any atom is -0.372 e. The highest BCUT2D eigenvalue weighted by Gasteiger charge is 2.29. The average molecular weight is 429 g/mol. The van der Waals surface area contributed by atoms with E-state index in [1.165, 1.54) is 32.4 Å². The second-order valence-corrected chi connectivity index (χ2v) is 7.28. The van der Waals surface area contributed by atoms with Gasteiger partial charge in [-0.1, -0.05) is 0 Å². The Kier molecular flexibility index (Phi) is 6.69. The lowest BCUT2D eigenvalue weighted by Gasteiger charge is -2.19. The number of carbonyl (C=O) groups is 2. The second-order valence-electron chi connectivity index (χ2n) is 7.28. The van der Waals surface area contributed by atoms with Gasteiger partial charge in [0.05, 0.1) is 29.8 Å². The number of carbonyl (C=O) groups excluding carboxylic acids is 2. The predicted octanol–water partition coefficient (Wildman–Crippen LogP) is 2.33. The smallest absolute Gasteiger partial charge is 0.258 e. The van der Waals surface area contributed by atoms with Crippen LogP contribution in [0.2, 0.25) is 0 Å². The van der Waals surface area contributed by atoms with Crippen LogP contribution in [0.5, 0.6) is 0 Å². The fourth-order valence-corrected chi connectivity index (χ4v) is 2.63. The molecule has 0 aliphatic heterocycles. The molecule has 9 nitrogen and oxygen atoms in total. The number of pyridine rings is 1. The van der Waals surface area contributed by atoms with Crippen molar-refractivity contribution in [2.24, 2.45) is 5.92 Å². The molecule has 0 radical (unpaired) electrons. The van der Waals surface area contributed by atoms with Crippen molar-refractivity contribution in [3.05, 3.63) is 30.4 Å². The van der Waals surface area contributed by atoms with Crippen LogP contribution >= 0.6 is 0 Å². The van der Waals surface area contributed by atoms with Gasteiger partial charge in [-0.25, -0.2) is 18.7 Å². The normalized spacial score (nSPS) is 15.0. The molecule has 2 heterocycles. The summed E-state index contributed by atoms with van der Waals surface area (Å²) in [5, 5.41) is 17.0. The maximum atomic E-state index is 12.7. The molecule has 0 spiro atoms. The van der Waals surface area contributed by atoms with Crippen LogP contribution in [0.15, 0.2) is 24.7 Å². The van der Waals surface area contributed by atoms with Crippen molar-refractivity contribution in [3.8, 4) is 17.3 Å². The van der Waals surface area contributed by atoms with Gasteiger partial charge in [-0.3, -0.25) is 14.6 Å². The zero-order chi connectivity index (χ0) is 22.5. The molecule has 0 bridgehead atoms. The maximum Gasteiger partial charge on any atom is 0.258 e. The summed E-state index contributed by atoms with van der Waals surface area (Å²) in [6, 6.07) is 1.29. The molecule has 0 aromatic carbocycles. The van der Waals surface area contributed by atoms with Gasteiger partial charge in [0.15, 0.2) is 11.5 Å². The van der Waals surface area contributed by atoms with Crippen molar-refractivity contribution >= 4 is 23.3 Å². The zero-order valence-electron chi connectivity index (χ0n) is 16.9. The molecule has 0 saturated heterocycles. The molecule has 1 saturated carbocycles. The Morgan fingerprint density at radius 2 is 1.90 bits per heavy atom. The first kappa shape index (κ1) is 22.0. The summed E-state index contributed by atoms with van der Waals surface area (Å²) in [5.74, 6) is -0.348. The number of hydrogen-bond donors (Lipinski definition) is 3. The van der Waals surface area contributed by atoms with Gasteiger partial charge in [0, 0.05) is 17.7 Å². The van der Waals surface area contributed by atoms with E-state index in [1.54, 1.807) is 6.07 Å². The fourth-order valence-electron chi connectivity index (χ4n) is 2.63. The number of rotatable bonds is 8. The Bertz CT molecular complexity index is 1000. The van der Waals surface area contributed by atoms with Crippen LogP contribution in [0, 0.1) is 17.2 Å². The second kappa shape index (κ2) is 9.42. The SMILES string of the molecule is CC(Nc1cc(-c2cnc(NC(=O)C3CC3)cn2)cnc1C#N)C(=O)NC(C)C(F)F. The summed E-state index contributed by atoms with van der Waals surface area (Å²) >= 11 is 0. The lowest BCUT2D eigenvalue weighted by Crippen LogP contribution is -2.45. The lowest BCUT2D eigenvalue weighted by molar-refractivity contribution is -0.123. The van der Waals surface area contributed by atoms with E-state index in [1.807, 2.05) is 6.07 Å². The number of nitriles is 1. The Balaban J connectivity index is 1.73. The van der Waals surface area contributed by atoms with Crippen LogP contribution in [0.3, 0.4) is 0 Å². The molecule has 2 amide bonds. The molecule has 1 aliphatic carbocycles. The summed E-state index contributed by atoms with van der Waals surface area (Å²) in [6.45, 7) is 2.69. The molecule has 2 aromatic heterocycles. The number of hydrogen-bond acceptors (Lipinski definition) is 7. The molecule has 2 atom stereocenters. The maximum absolute atomic E-state index is 12.7. The molecule has 1 aliphatic rings. The van der Waals surface area contributed by atoms with Gasteiger partial charge in [-0.2, -0.15) is 5.26 Å². The summed E-state index contributed by atoms with van der Waals surface area (Å²) in [5.41, 5.74) is 1.24. The fraction of sp³-hybridized carbons (Fsp3) is 0.400. The predicted molar refractivity (Wildman–Crippen MR) is 108 cm³/mol. The van der Waals surface area contributed by atoms with E-state index in [0.717, 1.165) is 12.8 Å². The highest BCUT2D eigenvalue weighted by molar-refractivity contribution is 5.93. The summed E-state index contributed by atoms with van der Waals surface area (Å²) in [4.78, 5) is 36.4. The molecular formula is C20H21F2N7O2. The van der Waals surface area contributed by atoms with Crippen LogP contribution in [0.25, 0.3) is 11.3 Å². The first-order valence-electron chi connectivity index (χ1n) is 9.67. The van der Waals surface area contributed by atoms with E-state index in [0.29, 0.717) is 17.1 Å². The van der Waals surface area contributed by atoms with Crippen LogP contribution in [-0.4, -0.2) is 45.3 Å². The summed E-state index contributed by atoms with van der Waals surface area (Å²) in [6.07, 6.45) is 3.37. The highest BCUT2D eigenvalue weighted by atomic mass is 19.3. The number of alkyl halides is 2. The van der Waals surface area contributed by atoms with Crippen molar-refractivity contribution in [2.75, 3.05) is 10.6 Å². The van der Waals surface area contributed by atoms with Crippen molar-refractivity contribution in [2.45, 2.75) is 45.2 Å². The zero-order valence-corrected chi connectivity index (χ0v) is 16.9. The number of halogens is 2. The van der Waals surface area contributed by atoms with Crippen molar-refractivity contribution in [1.29, 1.82) is 5.26 Å². The third-order valence-electron chi connectivity index (χ3n) is 4.65. The first-order chi connectivity index (χ1) is 14.8.